The van der Waals surface area contributed by atoms with Gasteiger partial charge in [-0.3, -0.25) is 0 Å². The van der Waals surface area contributed by atoms with Crippen LogP contribution in [0.4, 0.5) is 8.78 Å². The number of nitrogens with zero attached hydrogens (tertiary/aromatic N) is 2. The molecule has 2 saturated heterocycles. The molecule has 2 heterocycles. The van der Waals surface area contributed by atoms with Crippen LogP contribution in [0, 0.1) is 0 Å². The minimum atomic E-state index is -2.81. The Balaban J connectivity index is 1.66. The molecular weight excluding hydrogens is 288 g/mol. The first-order valence-electron chi connectivity index (χ1n) is 7.58. The van der Waals surface area contributed by atoms with Crippen LogP contribution in [-0.4, -0.2) is 36.2 Å². The Bertz CT molecular complexity index is 538. The number of aliphatic imine (C=N–C) groups is 1. The van der Waals surface area contributed by atoms with Gasteiger partial charge < -0.3 is 15.4 Å². The average molecular weight is 309 g/mol. The zero-order valence-corrected chi connectivity index (χ0v) is 12.6. The Labute approximate surface area is 129 Å². The topological polar surface area (TPSA) is 50.8 Å². The predicted octanol–water partition coefficient (Wildman–Crippen LogP) is 2.48. The summed E-state index contributed by atoms with van der Waals surface area (Å²) in [5, 5.41) is 0. The summed E-state index contributed by atoms with van der Waals surface area (Å²) in [6.07, 6.45) is 2.17. The molecule has 2 N–H and O–H groups in total. The van der Waals surface area contributed by atoms with Crippen LogP contribution in [0.2, 0.25) is 0 Å². The minimum absolute atomic E-state index is 0.0134. The molecule has 2 unspecified atom stereocenters. The van der Waals surface area contributed by atoms with Crippen molar-refractivity contribution in [2.24, 2.45) is 10.7 Å². The molecule has 0 spiro atoms. The maximum absolute atomic E-state index is 13.2. The Morgan fingerprint density at radius 2 is 1.86 bits per heavy atom. The fourth-order valence-electron chi connectivity index (χ4n) is 3.16. The van der Waals surface area contributed by atoms with E-state index in [2.05, 4.69) is 9.89 Å². The van der Waals surface area contributed by atoms with Crippen molar-refractivity contribution in [3.63, 3.8) is 0 Å². The summed E-state index contributed by atoms with van der Waals surface area (Å²) in [6, 6.07) is 6.89. The monoisotopic (exact) mass is 309 g/mol. The molecule has 0 aromatic heterocycles. The molecule has 0 aliphatic carbocycles. The van der Waals surface area contributed by atoms with Crippen molar-refractivity contribution in [2.75, 3.05) is 13.2 Å². The molecule has 120 valence electrons. The van der Waals surface area contributed by atoms with Crippen molar-refractivity contribution in [3.05, 3.63) is 35.4 Å². The maximum Gasteiger partial charge on any atom is 0.270 e. The highest BCUT2D eigenvalue weighted by Gasteiger charge is 2.38. The van der Waals surface area contributed by atoms with E-state index in [1.807, 2.05) is 0 Å². The molecule has 6 heteroatoms. The van der Waals surface area contributed by atoms with E-state index < -0.39 is 5.92 Å². The minimum Gasteiger partial charge on any atom is -0.377 e. The molecule has 0 radical (unpaired) electrons. The van der Waals surface area contributed by atoms with Crippen LogP contribution in [0.15, 0.2) is 29.3 Å². The molecule has 2 bridgehead atoms. The summed E-state index contributed by atoms with van der Waals surface area (Å²) in [6.45, 7) is 2.70. The lowest BCUT2D eigenvalue weighted by molar-refractivity contribution is 0.0174. The molecule has 1 aromatic carbocycles. The summed E-state index contributed by atoms with van der Waals surface area (Å²) in [5.74, 6) is -2.28. The zero-order chi connectivity index (χ0) is 15.7. The van der Waals surface area contributed by atoms with Gasteiger partial charge in [-0.1, -0.05) is 24.3 Å². The van der Waals surface area contributed by atoms with Gasteiger partial charge in [0.25, 0.3) is 5.92 Å². The Morgan fingerprint density at radius 1 is 1.27 bits per heavy atom. The van der Waals surface area contributed by atoms with Crippen molar-refractivity contribution in [2.45, 2.75) is 44.3 Å². The van der Waals surface area contributed by atoms with Gasteiger partial charge in [-0.25, -0.2) is 13.8 Å². The second-order valence-corrected chi connectivity index (χ2v) is 6.09. The van der Waals surface area contributed by atoms with E-state index in [1.54, 1.807) is 12.1 Å². The second-order valence-electron chi connectivity index (χ2n) is 6.09. The summed E-state index contributed by atoms with van der Waals surface area (Å²) >= 11 is 0. The number of fused-ring (bicyclic) bond motifs is 2. The van der Waals surface area contributed by atoms with E-state index >= 15 is 0 Å². The molecule has 2 atom stereocenters. The van der Waals surface area contributed by atoms with Gasteiger partial charge in [-0.15, -0.1) is 0 Å². The quantitative estimate of drug-likeness (QED) is 0.689. The van der Waals surface area contributed by atoms with Gasteiger partial charge in [0.2, 0.25) is 0 Å². The third-order valence-corrected chi connectivity index (χ3v) is 4.39. The molecule has 2 aliphatic heterocycles. The third-order valence-electron chi connectivity index (χ3n) is 4.39. The highest BCUT2D eigenvalue weighted by molar-refractivity contribution is 5.79. The number of alkyl halides is 2. The fourth-order valence-corrected chi connectivity index (χ4v) is 3.16. The van der Waals surface area contributed by atoms with Crippen LogP contribution in [0.1, 0.15) is 30.9 Å². The van der Waals surface area contributed by atoms with Crippen LogP contribution in [0.25, 0.3) is 0 Å². The highest BCUT2D eigenvalue weighted by atomic mass is 19.3. The molecule has 0 amide bonds. The Morgan fingerprint density at radius 3 is 2.41 bits per heavy atom. The van der Waals surface area contributed by atoms with Crippen molar-refractivity contribution in [3.8, 4) is 0 Å². The number of ether oxygens (including phenoxy) is 1. The number of halogens is 2. The van der Waals surface area contributed by atoms with Crippen LogP contribution in [-0.2, 0) is 17.2 Å². The van der Waals surface area contributed by atoms with Crippen molar-refractivity contribution >= 4 is 5.96 Å². The van der Waals surface area contributed by atoms with Crippen LogP contribution in [0.3, 0.4) is 0 Å². The van der Waals surface area contributed by atoms with E-state index in [0.29, 0.717) is 37.8 Å². The molecule has 4 nitrogen and oxygen atoms in total. The average Bonchev–Trinajstić information content (AvgIpc) is 2.74. The van der Waals surface area contributed by atoms with Crippen molar-refractivity contribution in [1.29, 1.82) is 0 Å². The van der Waals surface area contributed by atoms with Gasteiger partial charge >= 0.3 is 0 Å². The predicted molar refractivity (Wildman–Crippen MR) is 80.8 cm³/mol. The van der Waals surface area contributed by atoms with E-state index in [-0.39, 0.29) is 5.56 Å². The lowest BCUT2D eigenvalue weighted by Crippen LogP contribution is -2.52. The van der Waals surface area contributed by atoms with E-state index in [4.69, 9.17) is 10.5 Å². The standard InChI is InChI=1S/C16H21F2N3O/c1-16(17,18)12-4-2-11(3-5-12)8-20-15(19)21-13-6-7-14(21)10-22-9-13/h2-5,13-14H,6-10H2,1H3,(H2,19,20). The fraction of sp³-hybridized carbons (Fsp3) is 0.562. The van der Waals surface area contributed by atoms with Gasteiger partial charge in [0.15, 0.2) is 5.96 Å². The molecular formula is C16H21F2N3O. The molecule has 2 aliphatic rings. The van der Waals surface area contributed by atoms with E-state index in [1.165, 1.54) is 12.1 Å². The molecule has 1 aromatic rings. The molecule has 3 rings (SSSR count). The van der Waals surface area contributed by atoms with Gasteiger partial charge in [-0.2, -0.15) is 0 Å². The highest BCUT2D eigenvalue weighted by Crippen LogP contribution is 2.29. The van der Waals surface area contributed by atoms with E-state index in [0.717, 1.165) is 25.3 Å². The second kappa shape index (κ2) is 5.83. The Hall–Kier alpha value is -1.69. The largest absolute Gasteiger partial charge is 0.377 e. The SMILES string of the molecule is CC(F)(F)c1ccc(CN=C(N)N2C3CCC2COC3)cc1. The van der Waals surface area contributed by atoms with Gasteiger partial charge in [-0.05, 0) is 18.4 Å². The first-order chi connectivity index (χ1) is 10.4. The Kier molecular flexibility index (Phi) is 4.04. The first kappa shape index (κ1) is 15.2. The van der Waals surface area contributed by atoms with Crippen molar-refractivity contribution < 1.29 is 13.5 Å². The lowest BCUT2D eigenvalue weighted by Gasteiger charge is -2.35. The number of rotatable bonds is 3. The van der Waals surface area contributed by atoms with Crippen molar-refractivity contribution in [1.82, 2.24) is 4.90 Å². The number of guanidine groups is 1. The number of benzene rings is 1. The molecule has 0 saturated carbocycles. The first-order valence-corrected chi connectivity index (χ1v) is 7.58. The van der Waals surface area contributed by atoms with Gasteiger partial charge in [0.05, 0.1) is 31.8 Å². The lowest BCUT2D eigenvalue weighted by atomic mass is 10.1. The third kappa shape index (κ3) is 3.06. The number of hydrogen-bond donors (Lipinski definition) is 1. The summed E-state index contributed by atoms with van der Waals surface area (Å²) in [5.41, 5.74) is 7.00. The summed E-state index contributed by atoms with van der Waals surface area (Å²) < 4.78 is 31.9. The van der Waals surface area contributed by atoms with Gasteiger partial charge in [0.1, 0.15) is 0 Å². The molecule has 2 fully saturated rings. The normalized spacial score (nSPS) is 25.6. The number of hydrogen-bond acceptors (Lipinski definition) is 2. The van der Waals surface area contributed by atoms with Crippen LogP contribution < -0.4 is 5.73 Å². The smallest absolute Gasteiger partial charge is 0.270 e. The van der Waals surface area contributed by atoms with E-state index in [9.17, 15) is 8.78 Å². The van der Waals surface area contributed by atoms with Gasteiger partial charge in [0, 0.05) is 12.5 Å². The van der Waals surface area contributed by atoms with Crippen LogP contribution >= 0.6 is 0 Å². The maximum atomic E-state index is 13.2. The van der Waals surface area contributed by atoms with Crippen LogP contribution in [0.5, 0.6) is 0 Å². The zero-order valence-electron chi connectivity index (χ0n) is 12.6. The molecule has 22 heavy (non-hydrogen) atoms. The summed E-state index contributed by atoms with van der Waals surface area (Å²) in [7, 11) is 0. The number of nitrogens with two attached hydrogens (primary N) is 1. The number of morpholine rings is 1. The summed E-state index contributed by atoms with van der Waals surface area (Å²) in [4.78, 5) is 6.58.